The minimum Gasteiger partial charge on any atom is -0.497 e. The van der Waals surface area contributed by atoms with Crippen molar-refractivity contribution in [1.82, 2.24) is 9.55 Å². The monoisotopic (exact) mass is 445 g/mol. The maximum Gasteiger partial charge on any atom is 0.237 e. The van der Waals surface area contributed by atoms with E-state index in [9.17, 15) is 4.79 Å². The molecule has 1 unspecified atom stereocenters. The maximum atomic E-state index is 12.6. The van der Waals surface area contributed by atoms with E-state index < -0.39 is 0 Å². The maximum absolute atomic E-state index is 12.6. The molecule has 1 N–H and O–H groups in total. The van der Waals surface area contributed by atoms with Crippen LogP contribution in [0.3, 0.4) is 0 Å². The van der Waals surface area contributed by atoms with Crippen LogP contribution < -0.4 is 10.1 Å². The molecule has 0 fully saturated rings. The van der Waals surface area contributed by atoms with Gasteiger partial charge in [-0.05, 0) is 59.6 Å². The summed E-state index contributed by atoms with van der Waals surface area (Å²) in [5.41, 5.74) is 2.82. The summed E-state index contributed by atoms with van der Waals surface area (Å²) in [6, 6.07) is 13.6. The third-order valence-electron chi connectivity index (χ3n) is 3.97. The molecule has 0 saturated heterocycles. The van der Waals surface area contributed by atoms with Gasteiger partial charge in [0.05, 0.1) is 23.7 Å². The molecule has 1 aromatic heterocycles. The van der Waals surface area contributed by atoms with Crippen molar-refractivity contribution in [2.24, 2.45) is 0 Å². The third kappa shape index (κ3) is 4.73. The Morgan fingerprint density at radius 1 is 1.30 bits per heavy atom. The molecule has 0 bridgehead atoms. The number of anilines is 1. The van der Waals surface area contributed by atoms with Crippen LogP contribution >= 0.6 is 27.7 Å². The number of halogens is 1. The van der Waals surface area contributed by atoms with E-state index in [4.69, 9.17) is 4.74 Å². The molecule has 140 valence electrons. The molecular formula is C20H20BrN3O2S. The number of nitrogens with one attached hydrogen (secondary N) is 1. The summed E-state index contributed by atoms with van der Waals surface area (Å²) < 4.78 is 8.10. The second kappa shape index (κ2) is 8.63. The van der Waals surface area contributed by atoms with Crippen molar-refractivity contribution >= 4 is 39.3 Å². The van der Waals surface area contributed by atoms with E-state index in [1.807, 2.05) is 67.1 Å². The van der Waals surface area contributed by atoms with E-state index in [0.717, 1.165) is 32.3 Å². The minimum atomic E-state index is -0.315. The highest BCUT2D eigenvalue weighted by Gasteiger charge is 2.19. The molecule has 3 rings (SSSR count). The van der Waals surface area contributed by atoms with Crippen LogP contribution in [0.1, 0.15) is 12.5 Å². The summed E-state index contributed by atoms with van der Waals surface area (Å²) in [5.74, 6) is 0.692. The number of ether oxygens (including phenoxy) is 1. The van der Waals surface area contributed by atoms with Crippen molar-refractivity contribution in [1.29, 1.82) is 0 Å². The number of hydrogen-bond donors (Lipinski definition) is 1. The number of benzene rings is 2. The Labute approximate surface area is 171 Å². The predicted molar refractivity (Wildman–Crippen MR) is 113 cm³/mol. The Balaban J connectivity index is 1.73. The molecule has 1 atom stereocenters. The zero-order valence-electron chi connectivity index (χ0n) is 15.3. The first-order valence-electron chi connectivity index (χ1n) is 8.39. The van der Waals surface area contributed by atoms with E-state index in [1.165, 1.54) is 11.8 Å². The lowest BCUT2D eigenvalue weighted by Crippen LogP contribution is -2.23. The van der Waals surface area contributed by atoms with Gasteiger partial charge in [-0.2, -0.15) is 0 Å². The van der Waals surface area contributed by atoms with E-state index in [2.05, 4.69) is 26.2 Å². The number of amides is 1. The van der Waals surface area contributed by atoms with Gasteiger partial charge in [0.2, 0.25) is 5.91 Å². The van der Waals surface area contributed by atoms with E-state index >= 15 is 0 Å². The number of hydrogen-bond acceptors (Lipinski definition) is 4. The fourth-order valence-electron chi connectivity index (χ4n) is 2.50. The molecule has 7 heteroatoms. The quantitative estimate of drug-likeness (QED) is 0.537. The zero-order valence-corrected chi connectivity index (χ0v) is 17.7. The number of methoxy groups -OCH3 is 1. The number of carbonyl (C=O) groups is 1. The Morgan fingerprint density at radius 3 is 2.85 bits per heavy atom. The number of aromatic nitrogens is 2. The molecule has 0 aliphatic heterocycles. The van der Waals surface area contributed by atoms with Gasteiger partial charge in [0.1, 0.15) is 5.75 Å². The normalized spacial score (nSPS) is 11.9. The van der Waals surface area contributed by atoms with Crippen LogP contribution in [-0.4, -0.2) is 27.8 Å². The van der Waals surface area contributed by atoms with E-state index in [-0.39, 0.29) is 11.2 Å². The van der Waals surface area contributed by atoms with Crippen LogP contribution in [-0.2, 0) is 4.79 Å². The summed E-state index contributed by atoms with van der Waals surface area (Å²) >= 11 is 4.90. The molecular weight excluding hydrogens is 426 g/mol. The molecule has 0 spiro atoms. The highest BCUT2D eigenvalue weighted by molar-refractivity contribution is 9.10. The van der Waals surface area contributed by atoms with Crippen molar-refractivity contribution in [3.63, 3.8) is 0 Å². The molecule has 5 nitrogen and oxygen atoms in total. The lowest BCUT2D eigenvalue weighted by Gasteiger charge is -2.14. The first-order valence-corrected chi connectivity index (χ1v) is 10.1. The van der Waals surface area contributed by atoms with Gasteiger partial charge in [0.15, 0.2) is 5.16 Å². The fraction of sp³-hybridized carbons (Fsp3) is 0.200. The number of nitrogens with zero attached hydrogens (tertiary/aromatic N) is 2. The highest BCUT2D eigenvalue weighted by Crippen LogP contribution is 2.28. The van der Waals surface area contributed by atoms with Crippen LogP contribution in [0.25, 0.3) is 5.69 Å². The summed E-state index contributed by atoms with van der Waals surface area (Å²) in [4.78, 5) is 17.0. The average molecular weight is 446 g/mol. The van der Waals surface area contributed by atoms with Crippen molar-refractivity contribution in [3.8, 4) is 11.4 Å². The Bertz CT molecular complexity index is 958. The molecule has 1 amide bonds. The minimum absolute atomic E-state index is 0.0789. The smallest absolute Gasteiger partial charge is 0.237 e. The number of thioether (sulfide) groups is 1. The molecule has 0 aliphatic carbocycles. The number of aryl methyl sites for hydroxylation is 1. The number of rotatable bonds is 6. The van der Waals surface area contributed by atoms with Crippen molar-refractivity contribution < 1.29 is 9.53 Å². The second-order valence-corrected chi connectivity index (χ2v) is 8.18. The molecule has 3 aromatic rings. The zero-order chi connectivity index (χ0) is 19.4. The molecule has 0 radical (unpaired) electrons. The van der Waals surface area contributed by atoms with Crippen LogP contribution in [0, 0.1) is 6.92 Å². The Morgan fingerprint density at radius 2 is 2.11 bits per heavy atom. The Hall–Kier alpha value is -2.25. The molecule has 27 heavy (non-hydrogen) atoms. The fourth-order valence-corrected chi connectivity index (χ4v) is 3.98. The van der Waals surface area contributed by atoms with Gasteiger partial charge in [-0.3, -0.25) is 9.36 Å². The number of carbonyl (C=O) groups excluding carboxylic acids is 1. The summed E-state index contributed by atoms with van der Waals surface area (Å²) in [6.07, 6.45) is 3.60. The summed E-state index contributed by atoms with van der Waals surface area (Å²) in [5, 5.41) is 3.39. The summed E-state index contributed by atoms with van der Waals surface area (Å²) in [7, 11) is 1.64. The highest BCUT2D eigenvalue weighted by atomic mass is 79.9. The predicted octanol–water partition coefficient (Wildman–Crippen LogP) is 5.07. The van der Waals surface area contributed by atoms with Crippen molar-refractivity contribution in [2.75, 3.05) is 12.4 Å². The van der Waals surface area contributed by atoms with Crippen LogP contribution in [0.15, 0.2) is 64.5 Å². The van der Waals surface area contributed by atoms with Gasteiger partial charge in [0.25, 0.3) is 0 Å². The van der Waals surface area contributed by atoms with Gasteiger partial charge in [0, 0.05) is 22.9 Å². The van der Waals surface area contributed by atoms with Gasteiger partial charge in [-0.25, -0.2) is 4.98 Å². The summed E-state index contributed by atoms with van der Waals surface area (Å²) in [6.45, 7) is 3.87. The lowest BCUT2D eigenvalue weighted by atomic mass is 10.2. The van der Waals surface area contributed by atoms with Gasteiger partial charge in [-0.1, -0.05) is 23.9 Å². The molecule has 1 heterocycles. The average Bonchev–Trinajstić information content (AvgIpc) is 3.12. The van der Waals surface area contributed by atoms with Crippen molar-refractivity contribution in [2.45, 2.75) is 24.3 Å². The van der Waals surface area contributed by atoms with Crippen LogP contribution in [0.5, 0.6) is 5.75 Å². The van der Waals surface area contributed by atoms with Gasteiger partial charge < -0.3 is 10.1 Å². The number of imidazole rings is 1. The lowest BCUT2D eigenvalue weighted by molar-refractivity contribution is -0.115. The SMILES string of the molecule is COc1cccc(-n2ccnc2SC(C)C(=O)Nc2ccc(C)cc2Br)c1. The molecule has 0 saturated carbocycles. The topological polar surface area (TPSA) is 56.2 Å². The van der Waals surface area contributed by atoms with Crippen molar-refractivity contribution in [3.05, 3.63) is 64.9 Å². The molecule has 2 aromatic carbocycles. The Kier molecular flexibility index (Phi) is 6.23. The first-order chi connectivity index (χ1) is 13.0. The van der Waals surface area contributed by atoms with Crippen LogP contribution in [0.2, 0.25) is 0 Å². The first kappa shape index (κ1) is 19.5. The largest absolute Gasteiger partial charge is 0.497 e. The van der Waals surface area contributed by atoms with Gasteiger partial charge in [-0.15, -0.1) is 0 Å². The van der Waals surface area contributed by atoms with Crippen LogP contribution in [0.4, 0.5) is 5.69 Å². The third-order valence-corrected chi connectivity index (χ3v) is 5.71. The second-order valence-electron chi connectivity index (χ2n) is 6.01. The van der Waals surface area contributed by atoms with E-state index in [0.29, 0.717) is 0 Å². The van der Waals surface area contributed by atoms with Gasteiger partial charge >= 0.3 is 0 Å². The molecule has 0 aliphatic rings. The standard InChI is InChI=1S/C20H20BrN3O2S/c1-13-7-8-18(17(21)11-13)23-19(25)14(2)27-20-22-9-10-24(20)15-5-4-6-16(12-15)26-3/h4-12,14H,1-3H3,(H,23,25). The van der Waals surface area contributed by atoms with E-state index in [1.54, 1.807) is 13.3 Å².